The first-order valence-corrected chi connectivity index (χ1v) is 10.1. The summed E-state index contributed by atoms with van der Waals surface area (Å²) in [6.07, 6.45) is 1.57. The molecule has 128 valence electrons. The van der Waals surface area contributed by atoms with Gasteiger partial charge in [0.1, 0.15) is 0 Å². The van der Waals surface area contributed by atoms with E-state index in [1.165, 1.54) is 17.2 Å². The van der Waals surface area contributed by atoms with E-state index in [0.717, 1.165) is 11.1 Å². The summed E-state index contributed by atoms with van der Waals surface area (Å²) in [7, 11) is -3.42. The highest BCUT2D eigenvalue weighted by atomic mass is 32.2. The van der Waals surface area contributed by atoms with Gasteiger partial charge in [0.25, 0.3) is 5.22 Å². The molecular formula is C18H16N2O3S2. The lowest BCUT2D eigenvalue weighted by molar-refractivity contribution is 0.466. The number of rotatable bonds is 6. The summed E-state index contributed by atoms with van der Waals surface area (Å²) in [6.45, 7) is 1.99. The maximum atomic E-state index is 12.1. The summed E-state index contributed by atoms with van der Waals surface area (Å²) in [5.41, 5.74) is 1.97. The van der Waals surface area contributed by atoms with Gasteiger partial charge in [-0.1, -0.05) is 53.7 Å². The first kappa shape index (κ1) is 17.4. The van der Waals surface area contributed by atoms with Crippen LogP contribution in [0.1, 0.15) is 5.56 Å². The van der Waals surface area contributed by atoms with Crippen LogP contribution in [-0.2, 0) is 9.84 Å². The molecule has 0 aliphatic heterocycles. The fourth-order valence-electron chi connectivity index (χ4n) is 2.14. The van der Waals surface area contributed by atoms with Crippen LogP contribution in [-0.4, -0.2) is 24.4 Å². The van der Waals surface area contributed by atoms with Crippen molar-refractivity contribution in [3.05, 3.63) is 71.6 Å². The third kappa shape index (κ3) is 4.58. The molecule has 2 aromatic carbocycles. The third-order valence-corrected chi connectivity index (χ3v) is 5.57. The molecule has 3 aromatic rings. The minimum Gasteiger partial charge on any atom is -0.411 e. The second-order valence-electron chi connectivity index (χ2n) is 5.28. The Hall–Kier alpha value is -2.38. The van der Waals surface area contributed by atoms with Gasteiger partial charge in [-0.05, 0) is 31.2 Å². The normalized spacial score (nSPS) is 11.9. The Kier molecular flexibility index (Phi) is 5.35. The molecule has 0 unspecified atom stereocenters. The van der Waals surface area contributed by atoms with Crippen LogP contribution in [0.4, 0.5) is 0 Å². The van der Waals surface area contributed by atoms with Crippen LogP contribution >= 0.6 is 11.8 Å². The molecule has 0 aliphatic rings. The zero-order valence-corrected chi connectivity index (χ0v) is 15.1. The van der Waals surface area contributed by atoms with Crippen molar-refractivity contribution in [1.82, 2.24) is 10.2 Å². The fraction of sp³-hybridized carbons (Fsp3) is 0.111. The fourth-order valence-corrected chi connectivity index (χ4v) is 3.87. The van der Waals surface area contributed by atoms with E-state index in [4.69, 9.17) is 4.42 Å². The monoisotopic (exact) mass is 372 g/mol. The maximum Gasteiger partial charge on any atom is 0.277 e. The highest BCUT2D eigenvalue weighted by Crippen LogP contribution is 2.24. The highest BCUT2D eigenvalue weighted by Gasteiger charge is 2.10. The second kappa shape index (κ2) is 7.67. The minimum absolute atomic E-state index is 0.274. The average Bonchev–Trinajstić information content (AvgIpc) is 3.09. The molecule has 0 spiro atoms. The SMILES string of the molecule is Cc1cccc(-c2nnc(SC/C=C/S(=O)(=O)c3ccccc3)o2)c1. The predicted molar refractivity (Wildman–Crippen MR) is 98.0 cm³/mol. The minimum atomic E-state index is -3.42. The van der Waals surface area contributed by atoms with E-state index in [1.54, 1.807) is 36.4 Å². The molecule has 3 rings (SSSR count). The Morgan fingerprint density at radius 2 is 1.88 bits per heavy atom. The zero-order valence-electron chi connectivity index (χ0n) is 13.5. The lowest BCUT2D eigenvalue weighted by atomic mass is 10.1. The van der Waals surface area contributed by atoms with Crippen LogP contribution < -0.4 is 0 Å². The number of benzene rings is 2. The molecule has 0 saturated carbocycles. The number of nitrogens with zero attached hydrogens (tertiary/aromatic N) is 2. The quantitative estimate of drug-likeness (QED) is 0.606. The molecule has 0 aliphatic carbocycles. The summed E-state index contributed by atoms with van der Waals surface area (Å²) in [5.74, 6) is 0.869. The summed E-state index contributed by atoms with van der Waals surface area (Å²) in [5, 5.41) is 9.60. The van der Waals surface area contributed by atoms with Crippen molar-refractivity contribution < 1.29 is 12.8 Å². The van der Waals surface area contributed by atoms with Crippen molar-refractivity contribution in [3.8, 4) is 11.5 Å². The average molecular weight is 372 g/mol. The first-order valence-electron chi connectivity index (χ1n) is 7.55. The lowest BCUT2D eigenvalue weighted by Gasteiger charge is -1.97. The number of aryl methyl sites for hydroxylation is 1. The van der Waals surface area contributed by atoms with E-state index in [-0.39, 0.29) is 4.90 Å². The van der Waals surface area contributed by atoms with Gasteiger partial charge in [-0.15, -0.1) is 10.2 Å². The van der Waals surface area contributed by atoms with Gasteiger partial charge in [0.05, 0.1) is 4.90 Å². The first-order chi connectivity index (χ1) is 12.0. The number of hydrogen-bond donors (Lipinski definition) is 0. The van der Waals surface area contributed by atoms with Crippen molar-refractivity contribution in [2.45, 2.75) is 17.0 Å². The number of sulfone groups is 1. The molecule has 7 heteroatoms. The molecule has 0 bridgehead atoms. The smallest absolute Gasteiger partial charge is 0.277 e. The van der Waals surface area contributed by atoms with E-state index < -0.39 is 9.84 Å². The van der Waals surface area contributed by atoms with Crippen molar-refractivity contribution in [3.63, 3.8) is 0 Å². The summed E-state index contributed by atoms with van der Waals surface area (Å²) in [6, 6.07) is 16.1. The molecule has 0 fully saturated rings. The van der Waals surface area contributed by atoms with Gasteiger partial charge in [0.2, 0.25) is 5.89 Å². The molecule has 0 saturated heterocycles. The molecule has 0 radical (unpaired) electrons. The molecule has 0 atom stereocenters. The Morgan fingerprint density at radius 3 is 2.64 bits per heavy atom. The van der Waals surface area contributed by atoms with E-state index >= 15 is 0 Å². The largest absolute Gasteiger partial charge is 0.411 e. The Balaban J connectivity index is 1.61. The number of aromatic nitrogens is 2. The predicted octanol–water partition coefficient (Wildman–Crippen LogP) is 4.12. The van der Waals surface area contributed by atoms with Crippen LogP contribution in [0.15, 0.2) is 80.6 Å². The lowest BCUT2D eigenvalue weighted by Crippen LogP contribution is -1.95. The molecule has 25 heavy (non-hydrogen) atoms. The molecule has 1 heterocycles. The van der Waals surface area contributed by atoms with Crippen LogP contribution in [0.25, 0.3) is 11.5 Å². The zero-order chi connectivity index (χ0) is 17.7. The Bertz CT molecular complexity index is 980. The standard InChI is InChI=1S/C18H16N2O3S2/c1-14-7-5-8-15(13-14)17-19-20-18(23-17)24-11-6-12-25(21,22)16-9-3-2-4-10-16/h2-10,12-13H,11H2,1H3/b12-6+. The molecule has 1 aromatic heterocycles. The van der Waals surface area contributed by atoms with E-state index in [0.29, 0.717) is 16.9 Å². The topological polar surface area (TPSA) is 73.1 Å². The number of hydrogen-bond acceptors (Lipinski definition) is 6. The van der Waals surface area contributed by atoms with Crippen LogP contribution in [0.5, 0.6) is 0 Å². The summed E-state index contributed by atoms with van der Waals surface area (Å²) in [4.78, 5) is 0.274. The van der Waals surface area contributed by atoms with Gasteiger partial charge in [-0.2, -0.15) is 0 Å². The van der Waals surface area contributed by atoms with Crippen molar-refractivity contribution >= 4 is 21.6 Å². The second-order valence-corrected chi connectivity index (χ2v) is 8.09. The van der Waals surface area contributed by atoms with Crippen molar-refractivity contribution in [2.75, 3.05) is 5.75 Å². The highest BCUT2D eigenvalue weighted by molar-refractivity contribution is 7.99. The van der Waals surface area contributed by atoms with Crippen LogP contribution in [0.3, 0.4) is 0 Å². The molecule has 5 nitrogen and oxygen atoms in total. The summed E-state index contributed by atoms with van der Waals surface area (Å²) < 4.78 is 29.8. The summed E-state index contributed by atoms with van der Waals surface area (Å²) >= 11 is 1.28. The Labute approximate surface area is 150 Å². The van der Waals surface area contributed by atoms with E-state index in [9.17, 15) is 8.42 Å². The van der Waals surface area contributed by atoms with Crippen LogP contribution in [0, 0.1) is 6.92 Å². The molecular weight excluding hydrogens is 356 g/mol. The third-order valence-electron chi connectivity index (χ3n) is 3.32. The number of thioether (sulfide) groups is 1. The van der Waals surface area contributed by atoms with E-state index in [2.05, 4.69) is 10.2 Å². The van der Waals surface area contributed by atoms with Gasteiger partial charge in [0.15, 0.2) is 9.84 Å². The van der Waals surface area contributed by atoms with Gasteiger partial charge >= 0.3 is 0 Å². The van der Waals surface area contributed by atoms with Crippen molar-refractivity contribution in [2.24, 2.45) is 0 Å². The van der Waals surface area contributed by atoms with Gasteiger partial charge in [-0.3, -0.25) is 0 Å². The molecule has 0 amide bonds. The van der Waals surface area contributed by atoms with Gasteiger partial charge < -0.3 is 4.42 Å². The van der Waals surface area contributed by atoms with E-state index in [1.807, 2.05) is 31.2 Å². The molecule has 0 N–H and O–H groups in total. The Morgan fingerprint density at radius 1 is 1.08 bits per heavy atom. The van der Waals surface area contributed by atoms with Gasteiger partial charge in [-0.25, -0.2) is 8.42 Å². The van der Waals surface area contributed by atoms with Crippen LogP contribution in [0.2, 0.25) is 0 Å². The van der Waals surface area contributed by atoms with Gasteiger partial charge in [0, 0.05) is 16.7 Å². The maximum absolute atomic E-state index is 12.1. The van der Waals surface area contributed by atoms with Crippen molar-refractivity contribution in [1.29, 1.82) is 0 Å².